The van der Waals surface area contributed by atoms with Crippen LogP contribution in [0.2, 0.25) is 0 Å². The molecule has 18 heavy (non-hydrogen) atoms. The third-order valence-electron chi connectivity index (χ3n) is 1.26. The lowest BCUT2D eigenvalue weighted by Gasteiger charge is -1.97. The van der Waals surface area contributed by atoms with Gasteiger partial charge in [-0.05, 0) is 25.0 Å². The first-order valence-corrected chi connectivity index (χ1v) is 6.52. The lowest BCUT2D eigenvalue weighted by molar-refractivity contribution is 1.50. The minimum absolute atomic E-state index is 0.919. The zero-order chi connectivity index (χ0) is 15.4. The number of rotatable bonds is 4. The third kappa shape index (κ3) is 23.9. The van der Waals surface area contributed by atoms with Crippen molar-refractivity contribution in [3.63, 3.8) is 0 Å². The molecule has 0 heteroatoms. The molecule has 0 aromatic carbocycles. The van der Waals surface area contributed by atoms with Gasteiger partial charge in [-0.1, -0.05) is 83.9 Å². The monoisotopic (exact) mass is 248 g/mol. The van der Waals surface area contributed by atoms with Crippen LogP contribution in [0.3, 0.4) is 0 Å². The molecule has 0 fully saturated rings. The lowest BCUT2D eigenvalue weighted by atomic mass is 10.1. The Kier molecular flexibility index (Phi) is 41.6. The highest BCUT2D eigenvalue weighted by Crippen LogP contribution is 2.09. The van der Waals surface area contributed by atoms with E-state index in [0.717, 1.165) is 11.1 Å². The average Bonchev–Trinajstić information content (AvgIpc) is 2.43. The van der Waals surface area contributed by atoms with Gasteiger partial charge in [0.25, 0.3) is 0 Å². The van der Waals surface area contributed by atoms with Crippen LogP contribution in [0.15, 0.2) is 73.9 Å². The van der Waals surface area contributed by atoms with Crippen LogP contribution in [0.1, 0.15) is 41.5 Å². The van der Waals surface area contributed by atoms with E-state index in [0.29, 0.717) is 0 Å². The fraction of sp³-hybridized carbons (Fsp3) is 0.333. The minimum Gasteiger partial charge on any atom is -0.103 e. The molecule has 0 rings (SSSR count). The van der Waals surface area contributed by atoms with Crippen molar-refractivity contribution < 1.29 is 0 Å². The minimum atomic E-state index is 0.919. The molecule has 0 aliphatic rings. The summed E-state index contributed by atoms with van der Waals surface area (Å²) >= 11 is 0. The van der Waals surface area contributed by atoms with Gasteiger partial charge in [0.05, 0.1) is 0 Å². The molecule has 104 valence electrons. The van der Waals surface area contributed by atoms with E-state index in [4.69, 9.17) is 0 Å². The van der Waals surface area contributed by atoms with Gasteiger partial charge in [0.2, 0.25) is 0 Å². The van der Waals surface area contributed by atoms with Crippen molar-refractivity contribution in [1.82, 2.24) is 0 Å². The molecule has 0 atom stereocenters. The summed E-state index contributed by atoms with van der Waals surface area (Å²) in [7, 11) is 0. The molecule has 0 radical (unpaired) electrons. The molecule has 0 aliphatic heterocycles. The molecule has 0 amide bonds. The normalized spacial score (nSPS) is 8.44. The van der Waals surface area contributed by atoms with E-state index in [1.807, 2.05) is 59.8 Å². The Hall–Kier alpha value is -1.56. The van der Waals surface area contributed by atoms with Crippen molar-refractivity contribution in [2.75, 3.05) is 0 Å². The maximum absolute atomic E-state index is 3.83. The van der Waals surface area contributed by atoms with Crippen LogP contribution in [0, 0.1) is 0 Å². The van der Waals surface area contributed by atoms with Crippen LogP contribution in [-0.2, 0) is 0 Å². The standard InChI is InChI=1S/C11H14.C3H6.2C2H6/c1-5-8-11(9-6-2)10(4)7-3;1-3-2;2*1-2/h5-9H,1,3-4H2,2H3;3H,1H2,2H3;2*1-2H3/b9-6-,11-8+;;;. The van der Waals surface area contributed by atoms with Crippen LogP contribution in [0.25, 0.3) is 0 Å². The lowest BCUT2D eigenvalue weighted by Crippen LogP contribution is -1.78. The van der Waals surface area contributed by atoms with E-state index in [2.05, 4.69) is 26.3 Å². The third-order valence-corrected chi connectivity index (χ3v) is 1.26. The molecular weight excluding hydrogens is 216 g/mol. The molecule has 0 aromatic rings. The first kappa shape index (κ1) is 25.3. The van der Waals surface area contributed by atoms with Gasteiger partial charge in [-0.25, -0.2) is 0 Å². The summed E-state index contributed by atoms with van der Waals surface area (Å²) in [5.41, 5.74) is 1.97. The second-order valence-electron chi connectivity index (χ2n) is 2.50. The summed E-state index contributed by atoms with van der Waals surface area (Å²) in [5, 5.41) is 0. The van der Waals surface area contributed by atoms with Crippen molar-refractivity contribution in [3.05, 3.63) is 73.9 Å². The van der Waals surface area contributed by atoms with Crippen molar-refractivity contribution in [2.45, 2.75) is 41.5 Å². The van der Waals surface area contributed by atoms with Gasteiger partial charge in [0.15, 0.2) is 0 Å². The fourth-order valence-corrected chi connectivity index (χ4v) is 0.694. The number of allylic oxidation sites excluding steroid dienone is 8. The topological polar surface area (TPSA) is 0 Å². The Morgan fingerprint density at radius 1 is 0.889 bits per heavy atom. The number of hydrogen-bond acceptors (Lipinski definition) is 0. The van der Waals surface area contributed by atoms with Gasteiger partial charge in [-0.3, -0.25) is 0 Å². The van der Waals surface area contributed by atoms with E-state index in [1.165, 1.54) is 0 Å². The van der Waals surface area contributed by atoms with E-state index < -0.39 is 0 Å². The summed E-state index contributed by atoms with van der Waals surface area (Å²) in [6.45, 7) is 26.3. The SMILES string of the molecule is C=C/C=C(\C=C/C)C(=C)C=C.C=CC.CC.CC. The Morgan fingerprint density at radius 3 is 1.50 bits per heavy atom. The van der Waals surface area contributed by atoms with Crippen LogP contribution in [0.4, 0.5) is 0 Å². The predicted molar refractivity (Wildman–Crippen MR) is 91.0 cm³/mol. The molecule has 0 aliphatic carbocycles. The van der Waals surface area contributed by atoms with Crippen LogP contribution in [-0.4, -0.2) is 0 Å². The van der Waals surface area contributed by atoms with Gasteiger partial charge in [0, 0.05) is 0 Å². The molecule has 0 unspecified atom stereocenters. The largest absolute Gasteiger partial charge is 0.103 e. The molecule has 0 N–H and O–H groups in total. The average molecular weight is 248 g/mol. The van der Waals surface area contributed by atoms with Crippen LogP contribution in [0.5, 0.6) is 0 Å². The van der Waals surface area contributed by atoms with E-state index in [-0.39, 0.29) is 0 Å². The van der Waals surface area contributed by atoms with E-state index in [1.54, 1.807) is 18.2 Å². The maximum Gasteiger partial charge on any atom is -0.0194 e. The first-order chi connectivity index (χ1) is 8.67. The summed E-state index contributed by atoms with van der Waals surface area (Å²) < 4.78 is 0. The van der Waals surface area contributed by atoms with Gasteiger partial charge >= 0.3 is 0 Å². The number of hydrogen-bond donors (Lipinski definition) is 0. The van der Waals surface area contributed by atoms with Gasteiger partial charge in [-0.15, -0.1) is 6.58 Å². The van der Waals surface area contributed by atoms with E-state index >= 15 is 0 Å². The van der Waals surface area contributed by atoms with Crippen LogP contribution < -0.4 is 0 Å². The smallest absolute Gasteiger partial charge is 0.0194 e. The summed E-state index contributed by atoms with van der Waals surface area (Å²) in [6.07, 6.45) is 11.1. The molecular formula is C18H32. The second kappa shape index (κ2) is 29.5. The van der Waals surface area contributed by atoms with Gasteiger partial charge in [-0.2, -0.15) is 0 Å². The summed E-state index contributed by atoms with van der Waals surface area (Å²) in [6, 6.07) is 0. The quantitative estimate of drug-likeness (QED) is 0.385. The molecule has 0 saturated heterocycles. The van der Waals surface area contributed by atoms with Gasteiger partial charge < -0.3 is 0 Å². The van der Waals surface area contributed by atoms with Crippen molar-refractivity contribution in [2.24, 2.45) is 0 Å². The molecule has 0 aromatic heterocycles. The van der Waals surface area contributed by atoms with Crippen molar-refractivity contribution in [1.29, 1.82) is 0 Å². The maximum atomic E-state index is 3.83. The predicted octanol–water partition coefficient (Wildman–Crippen LogP) is 6.66. The van der Waals surface area contributed by atoms with Crippen molar-refractivity contribution >= 4 is 0 Å². The Balaban J connectivity index is -0.000000118. The highest BCUT2D eigenvalue weighted by molar-refractivity contribution is 5.45. The highest BCUT2D eigenvalue weighted by Gasteiger charge is 1.90. The van der Waals surface area contributed by atoms with Crippen molar-refractivity contribution in [3.8, 4) is 0 Å². The summed E-state index contributed by atoms with van der Waals surface area (Å²) in [4.78, 5) is 0. The zero-order valence-corrected chi connectivity index (χ0v) is 13.3. The van der Waals surface area contributed by atoms with Crippen LogP contribution >= 0.6 is 0 Å². The Morgan fingerprint density at radius 2 is 1.28 bits per heavy atom. The molecule has 0 nitrogen and oxygen atoms in total. The zero-order valence-electron chi connectivity index (χ0n) is 13.3. The fourth-order valence-electron chi connectivity index (χ4n) is 0.694. The molecule has 0 bridgehead atoms. The molecule has 0 saturated carbocycles. The van der Waals surface area contributed by atoms with E-state index in [9.17, 15) is 0 Å². The van der Waals surface area contributed by atoms with Gasteiger partial charge in [0.1, 0.15) is 0 Å². The Bertz CT molecular complexity index is 249. The first-order valence-electron chi connectivity index (χ1n) is 6.52. The highest BCUT2D eigenvalue weighted by atomic mass is 13.9. The second-order valence-corrected chi connectivity index (χ2v) is 2.50. The molecule has 0 spiro atoms. The summed E-state index contributed by atoms with van der Waals surface area (Å²) in [5.74, 6) is 0. The molecule has 0 heterocycles. The Labute approximate surface area is 116 Å².